The topological polar surface area (TPSA) is 91.3 Å². The standard InChI is InChI=1S/C18H29N6O2PS2/c1-6-25-27(26-7-2)12-15-8-10-16(11-9-15)20-18(29)24-22-14(4)13(3)21-23-17(28)19-5/h8-11H,6-7,12H2,1-5H3,(H2,19,23,28)(H2,20,24,29)/b21-13+,22-14+. The summed E-state index contributed by atoms with van der Waals surface area (Å²) in [5.41, 5.74) is 8.89. The molecule has 4 N–H and O–H groups in total. The Balaban J connectivity index is 2.56. The predicted octanol–water partition coefficient (Wildman–Crippen LogP) is 3.70. The lowest BCUT2D eigenvalue weighted by Gasteiger charge is -2.16. The van der Waals surface area contributed by atoms with Gasteiger partial charge in [-0.25, -0.2) is 0 Å². The summed E-state index contributed by atoms with van der Waals surface area (Å²) >= 11 is 10.3. The molecule has 0 fully saturated rings. The summed E-state index contributed by atoms with van der Waals surface area (Å²) in [4.78, 5) is 0. The molecule has 11 heteroatoms. The summed E-state index contributed by atoms with van der Waals surface area (Å²) in [5, 5.41) is 15.0. The van der Waals surface area contributed by atoms with Crippen LogP contribution in [0.5, 0.6) is 0 Å². The van der Waals surface area contributed by atoms with Crippen LogP contribution in [-0.2, 0) is 15.2 Å². The fraction of sp³-hybridized carbons (Fsp3) is 0.444. The molecule has 0 atom stereocenters. The Hall–Kier alpha value is -1.71. The molecule has 0 amide bonds. The fourth-order valence-corrected chi connectivity index (χ4v) is 3.46. The van der Waals surface area contributed by atoms with Crippen molar-refractivity contribution in [3.63, 3.8) is 0 Å². The van der Waals surface area contributed by atoms with E-state index in [2.05, 4.69) is 31.7 Å². The van der Waals surface area contributed by atoms with Crippen LogP contribution in [0.3, 0.4) is 0 Å². The van der Waals surface area contributed by atoms with Crippen LogP contribution in [-0.4, -0.2) is 41.9 Å². The SMILES string of the molecule is CCOP(Cc1ccc(NC(=S)N/N=C(C)/C(C)=N/NC(=S)NC)cc1)OCC. The van der Waals surface area contributed by atoms with Crippen LogP contribution >= 0.6 is 32.8 Å². The lowest BCUT2D eigenvalue weighted by molar-refractivity contribution is 0.268. The number of nitrogens with zero attached hydrogens (tertiary/aromatic N) is 2. The third kappa shape index (κ3) is 10.6. The lowest BCUT2D eigenvalue weighted by Crippen LogP contribution is -2.30. The molecule has 0 aliphatic rings. The van der Waals surface area contributed by atoms with Crippen molar-refractivity contribution in [1.82, 2.24) is 16.2 Å². The van der Waals surface area contributed by atoms with Gasteiger partial charge >= 0.3 is 0 Å². The smallest absolute Gasteiger partial charge is 0.191 e. The molecule has 0 unspecified atom stereocenters. The average molecular weight is 457 g/mol. The number of benzene rings is 1. The largest absolute Gasteiger partial charge is 0.364 e. The fourth-order valence-electron chi connectivity index (χ4n) is 1.91. The van der Waals surface area contributed by atoms with Gasteiger partial charge in [0.15, 0.2) is 18.6 Å². The normalized spacial score (nSPS) is 11.9. The van der Waals surface area contributed by atoms with Crippen molar-refractivity contribution in [2.75, 3.05) is 25.6 Å². The Morgan fingerprint density at radius 3 is 1.93 bits per heavy atom. The third-order valence-electron chi connectivity index (χ3n) is 3.47. The van der Waals surface area contributed by atoms with Gasteiger partial charge in [-0.3, -0.25) is 10.9 Å². The molecule has 0 saturated carbocycles. The summed E-state index contributed by atoms with van der Waals surface area (Å²) in [7, 11) is 0.823. The molecule has 0 saturated heterocycles. The first-order valence-electron chi connectivity index (χ1n) is 9.15. The predicted molar refractivity (Wildman–Crippen MR) is 131 cm³/mol. The minimum absolute atomic E-state index is 0.384. The van der Waals surface area contributed by atoms with Crippen molar-refractivity contribution in [3.8, 4) is 0 Å². The van der Waals surface area contributed by atoms with Gasteiger partial charge < -0.3 is 19.7 Å². The zero-order chi connectivity index (χ0) is 21.6. The van der Waals surface area contributed by atoms with E-state index in [0.717, 1.165) is 17.4 Å². The van der Waals surface area contributed by atoms with Crippen molar-refractivity contribution in [2.45, 2.75) is 33.9 Å². The Morgan fingerprint density at radius 1 is 0.931 bits per heavy atom. The van der Waals surface area contributed by atoms with E-state index in [4.69, 9.17) is 33.5 Å². The van der Waals surface area contributed by atoms with Gasteiger partial charge in [-0.2, -0.15) is 10.2 Å². The van der Waals surface area contributed by atoms with Crippen molar-refractivity contribution in [3.05, 3.63) is 29.8 Å². The van der Waals surface area contributed by atoms with E-state index in [1.165, 1.54) is 0 Å². The zero-order valence-electron chi connectivity index (χ0n) is 17.4. The highest BCUT2D eigenvalue weighted by Crippen LogP contribution is 2.41. The molecule has 0 bridgehead atoms. The van der Waals surface area contributed by atoms with Gasteiger partial charge in [0.25, 0.3) is 0 Å². The van der Waals surface area contributed by atoms with E-state index in [1.54, 1.807) is 7.05 Å². The second-order valence-electron chi connectivity index (χ2n) is 5.67. The van der Waals surface area contributed by atoms with E-state index in [-0.39, 0.29) is 0 Å². The van der Waals surface area contributed by atoms with Crippen LogP contribution in [0.25, 0.3) is 0 Å². The Morgan fingerprint density at radius 2 is 1.45 bits per heavy atom. The van der Waals surface area contributed by atoms with Gasteiger partial charge in [-0.15, -0.1) is 0 Å². The third-order valence-corrected chi connectivity index (χ3v) is 5.68. The molecule has 0 spiro atoms. The van der Waals surface area contributed by atoms with Crippen molar-refractivity contribution in [1.29, 1.82) is 0 Å². The van der Waals surface area contributed by atoms with Gasteiger partial charge in [0.2, 0.25) is 0 Å². The van der Waals surface area contributed by atoms with Gasteiger partial charge in [-0.05, 0) is 69.8 Å². The number of rotatable bonds is 10. The maximum Gasteiger partial charge on any atom is 0.191 e. The minimum atomic E-state index is -0.896. The summed E-state index contributed by atoms with van der Waals surface area (Å²) < 4.78 is 11.3. The molecule has 1 aromatic carbocycles. The van der Waals surface area contributed by atoms with E-state index < -0.39 is 8.38 Å². The Bertz CT molecular complexity index is 722. The Kier molecular flexibility index (Phi) is 12.5. The van der Waals surface area contributed by atoms with E-state index in [0.29, 0.717) is 34.9 Å². The van der Waals surface area contributed by atoms with Gasteiger partial charge in [0.05, 0.1) is 24.6 Å². The second kappa shape index (κ2) is 14.3. The molecule has 29 heavy (non-hydrogen) atoms. The van der Waals surface area contributed by atoms with Crippen LogP contribution in [0.1, 0.15) is 33.3 Å². The summed E-state index contributed by atoms with van der Waals surface area (Å²) in [5.74, 6) is 0. The van der Waals surface area contributed by atoms with E-state index in [1.807, 2.05) is 52.0 Å². The number of thiocarbonyl (C=S) groups is 2. The number of anilines is 1. The van der Waals surface area contributed by atoms with Crippen LogP contribution < -0.4 is 21.5 Å². The maximum atomic E-state index is 5.65. The molecule has 0 aliphatic heterocycles. The van der Waals surface area contributed by atoms with E-state index >= 15 is 0 Å². The van der Waals surface area contributed by atoms with Crippen LogP contribution in [0.2, 0.25) is 0 Å². The van der Waals surface area contributed by atoms with Gasteiger partial charge in [0, 0.05) is 18.9 Å². The highest BCUT2D eigenvalue weighted by Gasteiger charge is 2.10. The van der Waals surface area contributed by atoms with E-state index in [9.17, 15) is 0 Å². The van der Waals surface area contributed by atoms with Gasteiger partial charge in [0.1, 0.15) is 0 Å². The lowest BCUT2D eigenvalue weighted by atomic mass is 10.2. The maximum absolute atomic E-state index is 5.65. The van der Waals surface area contributed by atoms with Crippen molar-refractivity contribution >= 4 is 60.1 Å². The molecular weight excluding hydrogens is 427 g/mol. The van der Waals surface area contributed by atoms with Crippen molar-refractivity contribution in [2.24, 2.45) is 10.2 Å². The molecule has 0 aliphatic carbocycles. The molecule has 8 nitrogen and oxygen atoms in total. The molecular formula is C18H29N6O2PS2. The minimum Gasteiger partial charge on any atom is -0.364 e. The van der Waals surface area contributed by atoms with Crippen LogP contribution in [0, 0.1) is 0 Å². The first-order chi connectivity index (χ1) is 13.9. The number of hydrazone groups is 2. The average Bonchev–Trinajstić information content (AvgIpc) is 2.71. The van der Waals surface area contributed by atoms with Crippen LogP contribution in [0.15, 0.2) is 34.5 Å². The van der Waals surface area contributed by atoms with Crippen molar-refractivity contribution < 1.29 is 9.05 Å². The molecule has 160 valence electrons. The number of hydrogen-bond acceptors (Lipinski definition) is 6. The summed E-state index contributed by atoms with van der Waals surface area (Å²) in [6.45, 7) is 8.88. The highest BCUT2D eigenvalue weighted by atomic mass is 32.1. The molecule has 1 aromatic rings. The highest BCUT2D eigenvalue weighted by molar-refractivity contribution is 7.80. The van der Waals surface area contributed by atoms with Crippen LogP contribution in [0.4, 0.5) is 5.69 Å². The second-order valence-corrected chi connectivity index (χ2v) is 7.99. The number of hydrogen-bond donors (Lipinski definition) is 4. The molecule has 0 radical (unpaired) electrons. The number of nitrogens with one attached hydrogen (secondary N) is 4. The monoisotopic (exact) mass is 456 g/mol. The first kappa shape index (κ1) is 25.3. The summed E-state index contributed by atoms with van der Waals surface area (Å²) in [6.07, 6.45) is 0.757. The quantitative estimate of drug-likeness (QED) is 0.183. The molecule has 0 aromatic heterocycles. The molecule has 0 heterocycles. The summed E-state index contributed by atoms with van der Waals surface area (Å²) in [6, 6.07) is 7.97. The first-order valence-corrected chi connectivity index (χ1v) is 11.3. The Labute approximate surface area is 184 Å². The molecule has 1 rings (SSSR count). The van der Waals surface area contributed by atoms with Gasteiger partial charge in [-0.1, -0.05) is 12.1 Å². The zero-order valence-corrected chi connectivity index (χ0v) is 19.9.